The second kappa shape index (κ2) is 7.14. The molecule has 17 heteroatoms. The molecule has 6 N–H and O–H groups in total. The van der Waals surface area contributed by atoms with Crippen molar-refractivity contribution in [2.45, 2.75) is 24.5 Å². The number of aliphatic hydroxyl groups excluding tert-OH is 2. The molecule has 3 rings (SSSR count). The Morgan fingerprint density at radius 2 is 1.93 bits per heavy atom. The fourth-order valence-electron chi connectivity index (χ4n) is 2.47. The lowest BCUT2D eigenvalue weighted by atomic mass is 10.1. The van der Waals surface area contributed by atoms with Crippen molar-refractivity contribution in [2.75, 3.05) is 6.61 Å². The molecule has 0 radical (unpaired) electrons. The lowest BCUT2D eigenvalue weighted by molar-refractivity contribution is -0.0503. The quantitative estimate of drug-likeness (QED) is 0.273. The van der Waals surface area contributed by atoms with Gasteiger partial charge in [0.1, 0.15) is 18.3 Å². The van der Waals surface area contributed by atoms with E-state index >= 15 is 0 Å². The summed E-state index contributed by atoms with van der Waals surface area (Å²) in [6, 6.07) is 0. The zero-order valence-electron chi connectivity index (χ0n) is 13.1. The van der Waals surface area contributed by atoms with Crippen molar-refractivity contribution in [2.24, 2.45) is 0 Å². The highest BCUT2D eigenvalue weighted by Gasteiger charge is 2.46. The van der Waals surface area contributed by atoms with Crippen LogP contribution < -0.4 is 5.56 Å². The van der Waals surface area contributed by atoms with Gasteiger partial charge >= 0.3 is 15.6 Å². The number of hydrogen-bond donors (Lipinski definition) is 6. The van der Waals surface area contributed by atoms with Gasteiger partial charge in [0, 0.05) is 0 Å². The molecule has 0 bridgehead atoms. The fourth-order valence-corrected chi connectivity index (χ4v) is 4.07. The summed E-state index contributed by atoms with van der Waals surface area (Å²) in [7, 11) is -10.5. The van der Waals surface area contributed by atoms with Gasteiger partial charge in [-0.05, 0) is 0 Å². The van der Waals surface area contributed by atoms with E-state index in [1.807, 2.05) is 0 Å². The smallest absolute Gasteiger partial charge is 0.387 e. The zero-order valence-corrected chi connectivity index (χ0v) is 14.9. The number of phosphoric acid groups is 2. The van der Waals surface area contributed by atoms with Gasteiger partial charge in [0.25, 0.3) is 5.56 Å². The Labute approximate surface area is 149 Å². The number of H-pyrrole nitrogens is 1. The number of rotatable bonds is 6. The Bertz CT molecular complexity index is 985. The van der Waals surface area contributed by atoms with Gasteiger partial charge in [0.15, 0.2) is 17.4 Å². The Morgan fingerprint density at radius 3 is 2.59 bits per heavy atom. The summed E-state index contributed by atoms with van der Waals surface area (Å²) in [4.78, 5) is 48.0. The van der Waals surface area contributed by atoms with Crippen LogP contribution in [0.25, 0.3) is 11.2 Å². The van der Waals surface area contributed by atoms with Crippen LogP contribution in [0, 0.1) is 0 Å². The minimum atomic E-state index is -5.30. The van der Waals surface area contributed by atoms with Crippen LogP contribution in [0.4, 0.5) is 0 Å². The maximum absolute atomic E-state index is 11.7. The molecule has 27 heavy (non-hydrogen) atoms. The summed E-state index contributed by atoms with van der Waals surface area (Å²) >= 11 is 0. The maximum Gasteiger partial charge on any atom is 0.481 e. The van der Waals surface area contributed by atoms with E-state index in [1.165, 1.54) is 4.57 Å². The average Bonchev–Trinajstić information content (AvgIpc) is 3.07. The summed E-state index contributed by atoms with van der Waals surface area (Å²) in [5.41, 5.74) is -0.533. The van der Waals surface area contributed by atoms with E-state index < -0.39 is 52.4 Å². The SMILES string of the molecule is O=c1[nH]cnc2c1ncn2C1O[C@H](COP(=O)(O)OP(=O)(O)O)[C@@H](O)[C@H]1O. The molecule has 1 fully saturated rings. The molecule has 2 unspecified atom stereocenters. The molecule has 2 aromatic heterocycles. The number of phosphoric ester groups is 1. The monoisotopic (exact) mass is 428 g/mol. The van der Waals surface area contributed by atoms with E-state index in [9.17, 15) is 29.0 Å². The first-order valence-corrected chi connectivity index (χ1v) is 10.2. The van der Waals surface area contributed by atoms with Gasteiger partial charge < -0.3 is 34.6 Å². The van der Waals surface area contributed by atoms with E-state index in [2.05, 4.69) is 23.8 Å². The molecule has 5 atom stereocenters. The number of aliphatic hydroxyl groups is 2. The first kappa shape index (κ1) is 20.2. The van der Waals surface area contributed by atoms with Crippen LogP contribution >= 0.6 is 15.6 Å². The summed E-state index contributed by atoms with van der Waals surface area (Å²) < 4.78 is 36.6. The van der Waals surface area contributed by atoms with Crippen LogP contribution in [0.1, 0.15) is 6.23 Å². The molecule has 0 aromatic carbocycles. The third-order valence-electron chi connectivity index (χ3n) is 3.59. The molecule has 0 amide bonds. The highest BCUT2D eigenvalue weighted by Crippen LogP contribution is 2.57. The fraction of sp³-hybridized carbons (Fsp3) is 0.500. The summed E-state index contributed by atoms with van der Waals surface area (Å²) in [6.45, 7) is -0.844. The molecule has 15 nitrogen and oxygen atoms in total. The molecule has 1 aliphatic heterocycles. The van der Waals surface area contributed by atoms with Crippen molar-refractivity contribution < 1.29 is 47.6 Å². The highest BCUT2D eigenvalue weighted by atomic mass is 31.3. The molecule has 1 saturated heterocycles. The number of aromatic nitrogens is 4. The van der Waals surface area contributed by atoms with Gasteiger partial charge in [-0.2, -0.15) is 4.31 Å². The van der Waals surface area contributed by atoms with Crippen LogP contribution in [0.3, 0.4) is 0 Å². The lowest BCUT2D eigenvalue weighted by Crippen LogP contribution is -2.33. The van der Waals surface area contributed by atoms with E-state index in [4.69, 9.17) is 14.5 Å². The predicted molar refractivity (Wildman–Crippen MR) is 83.0 cm³/mol. The number of nitrogens with one attached hydrogen (secondary N) is 1. The topological polar surface area (TPSA) is 227 Å². The Balaban J connectivity index is 1.76. The van der Waals surface area contributed by atoms with Crippen LogP contribution in [0.5, 0.6) is 0 Å². The van der Waals surface area contributed by atoms with Crippen molar-refractivity contribution in [3.05, 3.63) is 23.0 Å². The lowest BCUT2D eigenvalue weighted by Gasteiger charge is -2.17. The van der Waals surface area contributed by atoms with Gasteiger partial charge in [0.2, 0.25) is 0 Å². The van der Waals surface area contributed by atoms with Gasteiger partial charge in [0.05, 0.1) is 19.3 Å². The van der Waals surface area contributed by atoms with Crippen LogP contribution in [0.2, 0.25) is 0 Å². The van der Waals surface area contributed by atoms with E-state index in [0.717, 1.165) is 12.7 Å². The molecule has 2 aromatic rings. The van der Waals surface area contributed by atoms with E-state index in [-0.39, 0.29) is 11.2 Å². The number of nitrogens with zero attached hydrogens (tertiary/aromatic N) is 3. The van der Waals surface area contributed by atoms with Crippen LogP contribution in [0.15, 0.2) is 17.4 Å². The van der Waals surface area contributed by atoms with Crippen molar-refractivity contribution in [3.63, 3.8) is 0 Å². The van der Waals surface area contributed by atoms with E-state index in [0.29, 0.717) is 0 Å². The largest absolute Gasteiger partial charge is 0.481 e. The van der Waals surface area contributed by atoms with Crippen LogP contribution in [-0.4, -0.2) is 69.3 Å². The van der Waals surface area contributed by atoms with Gasteiger partial charge in [-0.25, -0.2) is 19.1 Å². The zero-order chi connectivity index (χ0) is 20.0. The first-order chi connectivity index (χ1) is 12.5. The Hall–Kier alpha value is -1.51. The minimum absolute atomic E-state index is 0.0441. The number of ether oxygens (including phenoxy) is 1. The second-order valence-electron chi connectivity index (χ2n) is 5.44. The molecule has 0 saturated carbocycles. The van der Waals surface area contributed by atoms with Gasteiger partial charge in [-0.1, -0.05) is 0 Å². The molecule has 0 aliphatic carbocycles. The summed E-state index contributed by atoms with van der Waals surface area (Å²) in [6.07, 6.45) is -3.56. The maximum atomic E-state index is 11.7. The normalized spacial score (nSPS) is 28.5. The number of hydrogen-bond acceptors (Lipinski definition) is 10. The number of imidazole rings is 1. The summed E-state index contributed by atoms with van der Waals surface area (Å²) in [5, 5.41) is 20.2. The molecular weight excluding hydrogens is 414 g/mol. The molecular formula is C10H14N4O11P2. The Kier molecular flexibility index (Phi) is 5.35. The number of fused-ring (bicyclic) bond motifs is 1. The number of aromatic amines is 1. The van der Waals surface area contributed by atoms with E-state index in [1.54, 1.807) is 0 Å². The standard InChI is InChI=1S/C10H14N4O11P2/c15-6-4(1-23-27(21,22)25-26(18,19)20)24-10(7(6)16)14-3-13-5-8(14)11-2-12-9(5)17/h2-4,6-7,10,15-16H,1H2,(H,21,22)(H,11,12,17)(H2,18,19,20)/t4-,6-,7-,10?/m1/s1. The average molecular weight is 428 g/mol. The van der Waals surface area contributed by atoms with Gasteiger partial charge in [-0.3, -0.25) is 13.9 Å². The molecule has 0 spiro atoms. The Morgan fingerprint density at radius 1 is 1.22 bits per heavy atom. The highest BCUT2D eigenvalue weighted by molar-refractivity contribution is 7.60. The van der Waals surface area contributed by atoms with Crippen LogP contribution in [-0.2, 0) is 22.7 Å². The third-order valence-corrected chi connectivity index (χ3v) is 5.74. The molecule has 3 heterocycles. The summed E-state index contributed by atoms with van der Waals surface area (Å²) in [5.74, 6) is 0. The minimum Gasteiger partial charge on any atom is -0.387 e. The van der Waals surface area contributed by atoms with Crippen molar-refractivity contribution in [3.8, 4) is 0 Å². The first-order valence-electron chi connectivity index (χ1n) is 7.14. The van der Waals surface area contributed by atoms with Crippen molar-refractivity contribution in [1.82, 2.24) is 19.5 Å². The predicted octanol–water partition coefficient (Wildman–Crippen LogP) is -2.03. The van der Waals surface area contributed by atoms with Crippen molar-refractivity contribution >= 4 is 26.8 Å². The molecule has 150 valence electrons. The van der Waals surface area contributed by atoms with Gasteiger partial charge in [-0.15, -0.1) is 0 Å². The van der Waals surface area contributed by atoms with Crippen molar-refractivity contribution in [1.29, 1.82) is 0 Å². The molecule has 1 aliphatic rings. The second-order valence-corrected chi connectivity index (χ2v) is 8.27. The third kappa shape index (κ3) is 4.33.